The van der Waals surface area contributed by atoms with Crippen LogP contribution < -0.4 is 4.74 Å². The number of rotatable bonds is 4. The number of phenolic OH excluding ortho intramolecular Hbond substituents is 1. The number of hydrogen-bond donors (Lipinski definition) is 1. The van der Waals surface area contributed by atoms with Crippen molar-refractivity contribution in [2.75, 3.05) is 13.7 Å². The molecule has 2 aromatic carbocycles. The molecule has 20 heavy (non-hydrogen) atoms. The van der Waals surface area contributed by atoms with Gasteiger partial charge in [-0.1, -0.05) is 24.3 Å². The van der Waals surface area contributed by atoms with E-state index >= 15 is 0 Å². The summed E-state index contributed by atoms with van der Waals surface area (Å²) in [4.78, 5) is 22.7. The second kappa shape index (κ2) is 5.61. The molecular weight excluding hydrogens is 260 g/mol. The number of esters is 1. The average molecular weight is 274 g/mol. The molecule has 0 aliphatic heterocycles. The SMILES string of the molecule is COC(=O)COc1cc(C(C)=O)c(O)c2ccccc12. The lowest BCUT2D eigenvalue weighted by Crippen LogP contribution is -2.13. The Hall–Kier alpha value is -2.56. The first kappa shape index (κ1) is 13.9. The van der Waals surface area contributed by atoms with Crippen LogP contribution in [0.2, 0.25) is 0 Å². The number of phenols is 1. The van der Waals surface area contributed by atoms with Gasteiger partial charge in [0.05, 0.1) is 12.7 Å². The quantitative estimate of drug-likeness (QED) is 0.684. The van der Waals surface area contributed by atoms with Crippen molar-refractivity contribution in [1.29, 1.82) is 0 Å². The lowest BCUT2D eigenvalue weighted by atomic mass is 10.0. The molecule has 1 N–H and O–H groups in total. The molecule has 0 radical (unpaired) electrons. The first-order chi connectivity index (χ1) is 9.54. The second-order valence-corrected chi connectivity index (χ2v) is 4.24. The van der Waals surface area contributed by atoms with Crippen LogP contribution in [-0.2, 0) is 9.53 Å². The number of carbonyl (C=O) groups is 2. The van der Waals surface area contributed by atoms with Gasteiger partial charge in [-0.05, 0) is 13.0 Å². The molecule has 0 aliphatic rings. The molecule has 0 bridgehead atoms. The van der Waals surface area contributed by atoms with E-state index in [0.29, 0.717) is 16.5 Å². The van der Waals surface area contributed by atoms with Crippen LogP contribution in [0.4, 0.5) is 0 Å². The summed E-state index contributed by atoms with van der Waals surface area (Å²) >= 11 is 0. The molecule has 5 heteroatoms. The number of fused-ring (bicyclic) bond motifs is 1. The van der Waals surface area contributed by atoms with Gasteiger partial charge in [0, 0.05) is 10.8 Å². The first-order valence-electron chi connectivity index (χ1n) is 6.00. The fourth-order valence-corrected chi connectivity index (χ4v) is 1.91. The van der Waals surface area contributed by atoms with Crippen molar-refractivity contribution in [2.45, 2.75) is 6.92 Å². The Morgan fingerprint density at radius 3 is 2.45 bits per heavy atom. The van der Waals surface area contributed by atoms with E-state index in [-0.39, 0.29) is 23.7 Å². The minimum atomic E-state index is -0.522. The second-order valence-electron chi connectivity index (χ2n) is 4.24. The Morgan fingerprint density at radius 2 is 1.85 bits per heavy atom. The summed E-state index contributed by atoms with van der Waals surface area (Å²) in [6.07, 6.45) is 0. The van der Waals surface area contributed by atoms with E-state index in [1.54, 1.807) is 24.3 Å². The number of methoxy groups -OCH3 is 1. The predicted molar refractivity (Wildman–Crippen MR) is 73.1 cm³/mol. The van der Waals surface area contributed by atoms with Crippen molar-refractivity contribution in [3.05, 3.63) is 35.9 Å². The zero-order valence-corrected chi connectivity index (χ0v) is 11.2. The van der Waals surface area contributed by atoms with Crippen molar-refractivity contribution < 1.29 is 24.2 Å². The van der Waals surface area contributed by atoms with Crippen LogP contribution in [0, 0.1) is 0 Å². The Kier molecular flexibility index (Phi) is 3.89. The highest BCUT2D eigenvalue weighted by molar-refractivity contribution is 6.05. The van der Waals surface area contributed by atoms with Gasteiger partial charge in [0.15, 0.2) is 12.4 Å². The third-order valence-corrected chi connectivity index (χ3v) is 2.93. The van der Waals surface area contributed by atoms with E-state index < -0.39 is 5.97 Å². The van der Waals surface area contributed by atoms with Crippen LogP contribution in [0.25, 0.3) is 10.8 Å². The van der Waals surface area contributed by atoms with Crippen molar-refractivity contribution >= 4 is 22.5 Å². The fourth-order valence-electron chi connectivity index (χ4n) is 1.91. The molecule has 2 aromatic rings. The third-order valence-electron chi connectivity index (χ3n) is 2.93. The van der Waals surface area contributed by atoms with Gasteiger partial charge in [-0.2, -0.15) is 0 Å². The maximum Gasteiger partial charge on any atom is 0.343 e. The zero-order chi connectivity index (χ0) is 14.7. The molecule has 0 atom stereocenters. The summed E-state index contributed by atoms with van der Waals surface area (Å²) < 4.78 is 9.89. The summed E-state index contributed by atoms with van der Waals surface area (Å²) in [5, 5.41) is 11.2. The molecule has 0 aromatic heterocycles. The summed E-state index contributed by atoms with van der Waals surface area (Å²) in [5.41, 5.74) is 0.156. The molecule has 0 unspecified atom stereocenters. The predicted octanol–water partition coefficient (Wildman–Crippen LogP) is 2.30. The Labute approximate surface area is 115 Å². The number of carbonyl (C=O) groups excluding carboxylic acids is 2. The van der Waals surface area contributed by atoms with Crippen molar-refractivity contribution in [2.24, 2.45) is 0 Å². The van der Waals surface area contributed by atoms with Crippen LogP contribution in [0.1, 0.15) is 17.3 Å². The highest BCUT2D eigenvalue weighted by atomic mass is 16.6. The van der Waals surface area contributed by atoms with Crippen molar-refractivity contribution in [3.63, 3.8) is 0 Å². The van der Waals surface area contributed by atoms with Crippen molar-refractivity contribution in [3.8, 4) is 11.5 Å². The van der Waals surface area contributed by atoms with Crippen LogP contribution in [0.3, 0.4) is 0 Å². The number of benzene rings is 2. The summed E-state index contributed by atoms with van der Waals surface area (Å²) in [6, 6.07) is 8.38. The molecule has 0 amide bonds. The number of ether oxygens (including phenoxy) is 2. The van der Waals surface area contributed by atoms with Gasteiger partial charge in [0.25, 0.3) is 0 Å². The molecule has 0 aliphatic carbocycles. The van der Waals surface area contributed by atoms with E-state index in [1.165, 1.54) is 20.1 Å². The van der Waals surface area contributed by atoms with Gasteiger partial charge in [0.2, 0.25) is 0 Å². The highest BCUT2D eigenvalue weighted by Crippen LogP contribution is 2.36. The van der Waals surface area contributed by atoms with Gasteiger partial charge >= 0.3 is 5.97 Å². The lowest BCUT2D eigenvalue weighted by Gasteiger charge is -2.12. The molecular formula is C15H14O5. The Bertz CT molecular complexity index is 675. The smallest absolute Gasteiger partial charge is 0.343 e. The van der Waals surface area contributed by atoms with E-state index in [1.807, 2.05) is 0 Å². The number of aromatic hydroxyl groups is 1. The number of Topliss-reactive ketones (excluding diaryl/α,β-unsaturated/α-hetero) is 1. The van der Waals surface area contributed by atoms with E-state index in [2.05, 4.69) is 4.74 Å². The monoisotopic (exact) mass is 274 g/mol. The summed E-state index contributed by atoms with van der Waals surface area (Å²) in [6.45, 7) is 1.09. The van der Waals surface area contributed by atoms with Crippen LogP contribution >= 0.6 is 0 Å². The average Bonchev–Trinajstić information content (AvgIpc) is 2.46. The van der Waals surface area contributed by atoms with Crippen LogP contribution in [0.15, 0.2) is 30.3 Å². The lowest BCUT2D eigenvalue weighted by molar-refractivity contribution is -0.142. The molecule has 5 nitrogen and oxygen atoms in total. The minimum absolute atomic E-state index is 0.0847. The molecule has 0 fully saturated rings. The number of hydrogen-bond acceptors (Lipinski definition) is 5. The van der Waals surface area contributed by atoms with Gasteiger partial charge in [-0.15, -0.1) is 0 Å². The molecule has 0 heterocycles. The molecule has 0 saturated heterocycles. The maximum absolute atomic E-state index is 11.5. The summed E-state index contributed by atoms with van der Waals surface area (Å²) in [7, 11) is 1.27. The fraction of sp³-hybridized carbons (Fsp3) is 0.200. The van der Waals surface area contributed by atoms with Crippen molar-refractivity contribution in [1.82, 2.24) is 0 Å². The highest BCUT2D eigenvalue weighted by Gasteiger charge is 2.15. The van der Waals surface area contributed by atoms with Gasteiger partial charge in [-0.25, -0.2) is 4.79 Å². The zero-order valence-electron chi connectivity index (χ0n) is 11.2. The standard InChI is InChI=1S/C15H14O5/c1-9(16)12-7-13(20-8-14(17)19-2)10-5-3-4-6-11(10)15(12)18/h3-7,18H,8H2,1-2H3. The van der Waals surface area contributed by atoms with E-state index in [9.17, 15) is 14.7 Å². The van der Waals surface area contributed by atoms with Crippen LogP contribution in [0.5, 0.6) is 11.5 Å². The summed E-state index contributed by atoms with van der Waals surface area (Å²) in [5.74, 6) is -0.532. The Balaban J connectivity index is 2.54. The molecule has 104 valence electrons. The van der Waals surface area contributed by atoms with Crippen LogP contribution in [-0.4, -0.2) is 30.6 Å². The largest absolute Gasteiger partial charge is 0.507 e. The van der Waals surface area contributed by atoms with Gasteiger partial charge in [-0.3, -0.25) is 4.79 Å². The van der Waals surface area contributed by atoms with E-state index in [4.69, 9.17) is 4.74 Å². The normalized spacial score (nSPS) is 10.3. The number of ketones is 1. The first-order valence-corrected chi connectivity index (χ1v) is 6.00. The molecule has 2 rings (SSSR count). The molecule has 0 spiro atoms. The Morgan fingerprint density at radius 1 is 1.20 bits per heavy atom. The van der Waals surface area contributed by atoms with Gasteiger partial charge < -0.3 is 14.6 Å². The minimum Gasteiger partial charge on any atom is -0.507 e. The van der Waals surface area contributed by atoms with Gasteiger partial charge in [0.1, 0.15) is 11.5 Å². The van der Waals surface area contributed by atoms with E-state index in [0.717, 1.165) is 0 Å². The third kappa shape index (κ3) is 2.56. The topological polar surface area (TPSA) is 72.8 Å². The maximum atomic E-state index is 11.5. The molecule has 0 saturated carbocycles.